The highest BCUT2D eigenvalue weighted by atomic mass is 19.4. The topological polar surface area (TPSA) is 29.4 Å². The van der Waals surface area contributed by atoms with E-state index in [2.05, 4.69) is 4.99 Å². The lowest BCUT2D eigenvalue weighted by molar-refractivity contribution is -0.127. The maximum Gasteiger partial charge on any atom is 0.393 e. The van der Waals surface area contributed by atoms with E-state index >= 15 is 0 Å². The number of rotatable bonds is 3. The summed E-state index contributed by atoms with van der Waals surface area (Å²) in [5, 5.41) is 0. The summed E-state index contributed by atoms with van der Waals surface area (Å²) in [6.45, 7) is 0. The van der Waals surface area contributed by atoms with E-state index in [0.717, 1.165) is 12.8 Å². The molecule has 1 aliphatic rings. The Kier molecular flexibility index (Phi) is 3.76. The summed E-state index contributed by atoms with van der Waals surface area (Å²) in [7, 11) is 0. The van der Waals surface area contributed by atoms with E-state index < -0.39 is 18.1 Å². The highest BCUT2D eigenvalue weighted by Gasteiger charge is 2.36. The summed E-state index contributed by atoms with van der Waals surface area (Å²) in [6.07, 6.45) is -0.379. The summed E-state index contributed by atoms with van der Waals surface area (Å²) in [6, 6.07) is 6.30. The van der Waals surface area contributed by atoms with Gasteiger partial charge in [0.25, 0.3) is 0 Å². The van der Waals surface area contributed by atoms with Crippen molar-refractivity contribution in [2.75, 3.05) is 0 Å². The van der Waals surface area contributed by atoms with Crippen LogP contribution in [0.15, 0.2) is 29.3 Å². The predicted octanol–water partition coefficient (Wildman–Crippen LogP) is 3.90. The molecule has 1 aromatic carbocycles. The van der Waals surface area contributed by atoms with Crippen LogP contribution in [0.3, 0.4) is 0 Å². The molecule has 1 aromatic rings. The van der Waals surface area contributed by atoms with E-state index in [1.54, 1.807) is 18.2 Å². The third-order valence-corrected chi connectivity index (χ3v) is 3.56. The molecule has 0 heterocycles. The van der Waals surface area contributed by atoms with Gasteiger partial charge in [0.2, 0.25) is 6.08 Å². The minimum Gasteiger partial charge on any atom is -0.211 e. The standard InChI is InChI=1S/C14H14F3NO/c15-14(16,17)9-11-4-3-5-12(8-11)13(18-10-19)6-1-2-7-13/h3-5,8H,1-2,6-7,9H2. The first-order valence-corrected chi connectivity index (χ1v) is 6.20. The van der Waals surface area contributed by atoms with Crippen LogP contribution in [0.1, 0.15) is 36.8 Å². The monoisotopic (exact) mass is 269 g/mol. The minimum absolute atomic E-state index is 0.206. The number of hydrogen-bond acceptors (Lipinski definition) is 2. The van der Waals surface area contributed by atoms with Crippen LogP contribution in [0.2, 0.25) is 0 Å². The van der Waals surface area contributed by atoms with E-state index in [4.69, 9.17) is 0 Å². The highest BCUT2D eigenvalue weighted by molar-refractivity contribution is 5.40. The average molecular weight is 269 g/mol. The fourth-order valence-corrected chi connectivity index (χ4v) is 2.71. The van der Waals surface area contributed by atoms with E-state index in [1.807, 2.05) is 0 Å². The molecule has 0 saturated heterocycles. The van der Waals surface area contributed by atoms with Gasteiger partial charge in [-0.05, 0) is 24.0 Å². The molecule has 0 bridgehead atoms. The summed E-state index contributed by atoms with van der Waals surface area (Å²) in [4.78, 5) is 14.5. The molecule has 1 fully saturated rings. The fraction of sp³-hybridized carbons (Fsp3) is 0.500. The van der Waals surface area contributed by atoms with Gasteiger partial charge in [0.05, 0.1) is 12.0 Å². The molecule has 19 heavy (non-hydrogen) atoms. The Bertz CT molecular complexity index is 498. The van der Waals surface area contributed by atoms with Crippen molar-refractivity contribution in [3.05, 3.63) is 35.4 Å². The Balaban J connectivity index is 2.34. The van der Waals surface area contributed by atoms with Crippen LogP contribution in [0.5, 0.6) is 0 Å². The number of alkyl halides is 3. The third kappa shape index (κ3) is 3.24. The summed E-state index contributed by atoms with van der Waals surface area (Å²) >= 11 is 0. The number of aliphatic imine (C=N–C) groups is 1. The van der Waals surface area contributed by atoms with Gasteiger partial charge in [0, 0.05) is 0 Å². The molecule has 5 heteroatoms. The van der Waals surface area contributed by atoms with Crippen LogP contribution in [0.4, 0.5) is 13.2 Å². The van der Waals surface area contributed by atoms with Crippen LogP contribution in [0.25, 0.3) is 0 Å². The van der Waals surface area contributed by atoms with Gasteiger partial charge in [-0.3, -0.25) is 0 Å². The zero-order chi connectivity index (χ0) is 13.9. The first-order chi connectivity index (χ1) is 8.95. The SMILES string of the molecule is O=C=NC1(c2cccc(CC(F)(F)F)c2)CCCC1. The second-order valence-corrected chi connectivity index (χ2v) is 4.93. The summed E-state index contributed by atoms with van der Waals surface area (Å²) in [5.41, 5.74) is 0.232. The van der Waals surface area contributed by atoms with Crippen LogP contribution in [0, 0.1) is 0 Å². The molecule has 2 nitrogen and oxygen atoms in total. The Morgan fingerprint density at radius 1 is 1.26 bits per heavy atom. The molecule has 0 radical (unpaired) electrons. The molecule has 0 N–H and O–H groups in total. The lowest BCUT2D eigenvalue weighted by Crippen LogP contribution is -2.20. The molecule has 0 aliphatic heterocycles. The van der Waals surface area contributed by atoms with E-state index in [9.17, 15) is 18.0 Å². The maximum absolute atomic E-state index is 12.4. The molecule has 1 saturated carbocycles. The molecule has 102 valence electrons. The minimum atomic E-state index is -4.23. The van der Waals surface area contributed by atoms with Crippen molar-refractivity contribution < 1.29 is 18.0 Å². The van der Waals surface area contributed by atoms with Gasteiger partial charge in [-0.2, -0.15) is 18.2 Å². The number of benzene rings is 1. The number of isocyanates is 1. The maximum atomic E-state index is 12.4. The van der Waals surface area contributed by atoms with Gasteiger partial charge < -0.3 is 0 Å². The zero-order valence-electron chi connectivity index (χ0n) is 10.3. The van der Waals surface area contributed by atoms with Crippen molar-refractivity contribution in [1.29, 1.82) is 0 Å². The highest BCUT2D eigenvalue weighted by Crippen LogP contribution is 2.42. The number of carbonyl (C=O) groups excluding carboxylic acids is 1. The fourth-order valence-electron chi connectivity index (χ4n) is 2.71. The second-order valence-electron chi connectivity index (χ2n) is 4.93. The molecule has 0 aromatic heterocycles. The van der Waals surface area contributed by atoms with E-state index in [-0.39, 0.29) is 5.56 Å². The Morgan fingerprint density at radius 2 is 1.95 bits per heavy atom. The first-order valence-electron chi connectivity index (χ1n) is 6.20. The Labute approximate surface area is 109 Å². The lowest BCUT2D eigenvalue weighted by atomic mass is 9.87. The first kappa shape index (κ1) is 13.8. The van der Waals surface area contributed by atoms with E-state index in [1.165, 1.54) is 12.1 Å². The van der Waals surface area contributed by atoms with Crippen molar-refractivity contribution in [2.24, 2.45) is 4.99 Å². The second kappa shape index (κ2) is 5.17. The molecule has 2 rings (SSSR count). The smallest absolute Gasteiger partial charge is 0.211 e. The van der Waals surface area contributed by atoms with Gasteiger partial charge in [0.15, 0.2) is 0 Å². The van der Waals surface area contributed by atoms with Crippen molar-refractivity contribution in [3.8, 4) is 0 Å². The Morgan fingerprint density at radius 3 is 2.53 bits per heavy atom. The van der Waals surface area contributed by atoms with Crippen molar-refractivity contribution in [2.45, 2.75) is 43.8 Å². The molecule has 0 spiro atoms. The zero-order valence-corrected chi connectivity index (χ0v) is 10.3. The normalized spacial score (nSPS) is 18.1. The predicted molar refractivity (Wildman–Crippen MR) is 64.5 cm³/mol. The van der Waals surface area contributed by atoms with Crippen molar-refractivity contribution >= 4 is 6.08 Å². The lowest BCUT2D eigenvalue weighted by Gasteiger charge is -2.23. The molecular weight excluding hydrogens is 255 g/mol. The summed E-state index contributed by atoms with van der Waals surface area (Å²) < 4.78 is 37.2. The number of hydrogen-bond donors (Lipinski definition) is 0. The molecule has 0 unspecified atom stereocenters. The van der Waals surface area contributed by atoms with Gasteiger partial charge in [-0.1, -0.05) is 37.1 Å². The average Bonchev–Trinajstić information content (AvgIpc) is 2.77. The molecular formula is C14H14F3NO. The van der Waals surface area contributed by atoms with Crippen molar-refractivity contribution in [3.63, 3.8) is 0 Å². The van der Waals surface area contributed by atoms with Crippen LogP contribution in [-0.4, -0.2) is 12.3 Å². The number of halogens is 3. The van der Waals surface area contributed by atoms with Crippen LogP contribution >= 0.6 is 0 Å². The van der Waals surface area contributed by atoms with Gasteiger partial charge in [-0.15, -0.1) is 0 Å². The largest absolute Gasteiger partial charge is 0.393 e. The molecule has 0 atom stereocenters. The van der Waals surface area contributed by atoms with Gasteiger partial charge in [-0.25, -0.2) is 4.79 Å². The summed E-state index contributed by atoms with van der Waals surface area (Å²) in [5.74, 6) is 0. The Hall–Kier alpha value is -1.61. The van der Waals surface area contributed by atoms with Gasteiger partial charge in [0.1, 0.15) is 0 Å². The van der Waals surface area contributed by atoms with Crippen LogP contribution < -0.4 is 0 Å². The van der Waals surface area contributed by atoms with E-state index in [0.29, 0.717) is 18.4 Å². The quantitative estimate of drug-likeness (QED) is 0.604. The molecule has 0 amide bonds. The van der Waals surface area contributed by atoms with Crippen molar-refractivity contribution in [1.82, 2.24) is 0 Å². The van der Waals surface area contributed by atoms with Crippen LogP contribution in [-0.2, 0) is 16.8 Å². The number of nitrogens with zero attached hydrogens (tertiary/aromatic N) is 1. The van der Waals surface area contributed by atoms with Gasteiger partial charge >= 0.3 is 6.18 Å². The third-order valence-electron chi connectivity index (χ3n) is 3.56. The molecule has 1 aliphatic carbocycles.